The quantitative estimate of drug-likeness (QED) is 0.438. The maximum atomic E-state index is 12.3. The van der Waals surface area contributed by atoms with Crippen molar-refractivity contribution in [3.63, 3.8) is 0 Å². The lowest BCUT2D eigenvalue weighted by atomic mass is 9.44. The van der Waals surface area contributed by atoms with Gasteiger partial charge in [0.2, 0.25) is 5.91 Å². The molecule has 196 valence electrons. The summed E-state index contributed by atoms with van der Waals surface area (Å²) in [6, 6.07) is 0. The van der Waals surface area contributed by atoms with Gasteiger partial charge >= 0.3 is 0 Å². The van der Waals surface area contributed by atoms with Gasteiger partial charge in [-0.3, -0.25) is 9.35 Å². The summed E-state index contributed by atoms with van der Waals surface area (Å²) >= 11 is 0. The molecule has 34 heavy (non-hydrogen) atoms. The van der Waals surface area contributed by atoms with E-state index in [1.165, 1.54) is 51.9 Å². The number of carbonyl (C=O) groups is 1. The van der Waals surface area contributed by atoms with E-state index in [1.54, 1.807) is 0 Å². The molecule has 0 heterocycles. The molecule has 0 radical (unpaired) electrons. The Balaban J connectivity index is 1.35. The van der Waals surface area contributed by atoms with Crippen LogP contribution in [0.1, 0.15) is 98.3 Å². The van der Waals surface area contributed by atoms with Gasteiger partial charge < -0.3 is 10.4 Å². The summed E-state index contributed by atoms with van der Waals surface area (Å²) in [6.07, 6.45) is 12.1. The number of rotatable bonds is 7. The number of aliphatic hydroxyl groups is 1. The highest BCUT2D eigenvalue weighted by atomic mass is 32.2. The number of amides is 1. The second-order valence-corrected chi connectivity index (χ2v) is 14.8. The highest BCUT2D eigenvalue weighted by Crippen LogP contribution is 2.68. The molecular weight excluding hydrogens is 450 g/mol. The Morgan fingerprint density at radius 1 is 1.00 bits per heavy atom. The van der Waals surface area contributed by atoms with Gasteiger partial charge in [-0.15, -0.1) is 0 Å². The van der Waals surface area contributed by atoms with Crippen LogP contribution in [-0.4, -0.2) is 41.9 Å². The molecule has 0 bridgehead atoms. The second kappa shape index (κ2) is 9.66. The molecule has 0 aromatic heterocycles. The van der Waals surface area contributed by atoms with Crippen molar-refractivity contribution in [2.45, 2.75) is 110 Å². The molecule has 1 amide bonds. The highest BCUT2D eigenvalue weighted by molar-refractivity contribution is 7.86. The summed E-state index contributed by atoms with van der Waals surface area (Å²) in [5, 5.41) is 12.0. The molecule has 4 aliphatic rings. The third-order valence-corrected chi connectivity index (χ3v) is 12.5. The van der Waals surface area contributed by atoms with E-state index in [4.69, 9.17) is 4.55 Å². The van der Waals surface area contributed by atoms with E-state index < -0.39 is 15.4 Å². The Morgan fingerprint density at radius 3 is 2.38 bits per heavy atom. The van der Waals surface area contributed by atoms with Crippen LogP contribution in [0.5, 0.6) is 0 Å². The van der Waals surface area contributed by atoms with E-state index in [0.29, 0.717) is 35.0 Å². The summed E-state index contributed by atoms with van der Waals surface area (Å²) in [7, 11) is -4.12. The second-order valence-electron chi connectivity index (χ2n) is 13.0. The minimum absolute atomic E-state index is 0.0465. The molecule has 4 aliphatic carbocycles. The van der Waals surface area contributed by atoms with Crippen LogP contribution in [0.25, 0.3) is 0 Å². The third-order valence-electron chi connectivity index (χ3n) is 11.3. The van der Waals surface area contributed by atoms with Gasteiger partial charge in [0, 0.05) is 13.0 Å². The largest absolute Gasteiger partial charge is 0.393 e. The van der Waals surface area contributed by atoms with Crippen LogP contribution in [0, 0.1) is 46.3 Å². The Bertz CT molecular complexity index is 861. The van der Waals surface area contributed by atoms with Crippen LogP contribution < -0.4 is 5.32 Å². The predicted octanol–water partition coefficient (Wildman–Crippen LogP) is 4.82. The number of nitrogens with one attached hydrogen (secondary N) is 1. The maximum Gasteiger partial charge on any atom is 0.269 e. The van der Waals surface area contributed by atoms with Crippen LogP contribution in [-0.2, 0) is 14.9 Å². The van der Waals surface area contributed by atoms with Gasteiger partial charge in [-0.25, -0.2) is 0 Å². The fourth-order valence-electron chi connectivity index (χ4n) is 9.22. The average Bonchev–Trinajstić information content (AvgIpc) is 3.13. The SMILES string of the molecule is C[C@H](CCC(=O)NC[C@@H](C)S(=O)(=O)O)[C@H]1CC[C@H]2[C@@H]3CC[C@@H]4C[C@H](O)CC[C@]4(C)[C@H]3CC[C@]12C. The van der Waals surface area contributed by atoms with Crippen LogP contribution >= 0.6 is 0 Å². The molecule has 0 spiro atoms. The minimum Gasteiger partial charge on any atom is -0.393 e. The fraction of sp³-hybridized carbons (Fsp3) is 0.963. The van der Waals surface area contributed by atoms with Crippen molar-refractivity contribution in [2.75, 3.05) is 6.54 Å². The van der Waals surface area contributed by atoms with Crippen LogP contribution in [0.15, 0.2) is 0 Å². The first kappa shape index (κ1) is 26.4. The summed E-state index contributed by atoms with van der Waals surface area (Å²) < 4.78 is 31.4. The monoisotopic (exact) mass is 497 g/mol. The van der Waals surface area contributed by atoms with Crippen LogP contribution in [0.4, 0.5) is 0 Å². The van der Waals surface area contributed by atoms with Crippen molar-refractivity contribution < 1.29 is 22.9 Å². The zero-order valence-electron chi connectivity index (χ0n) is 21.6. The highest BCUT2D eigenvalue weighted by Gasteiger charge is 2.60. The lowest BCUT2D eigenvalue weighted by Crippen LogP contribution is -2.54. The van der Waals surface area contributed by atoms with Gasteiger partial charge in [-0.05, 0) is 117 Å². The minimum atomic E-state index is -4.12. The molecule has 3 N–H and O–H groups in total. The summed E-state index contributed by atoms with van der Waals surface area (Å²) in [5.41, 5.74) is 0.762. The molecule has 4 fully saturated rings. The smallest absolute Gasteiger partial charge is 0.269 e. The predicted molar refractivity (Wildman–Crippen MR) is 134 cm³/mol. The average molecular weight is 498 g/mol. The number of aliphatic hydroxyl groups excluding tert-OH is 1. The van der Waals surface area contributed by atoms with Crippen molar-refractivity contribution in [1.29, 1.82) is 0 Å². The van der Waals surface area contributed by atoms with Gasteiger partial charge in [0.15, 0.2) is 0 Å². The standard InChI is InChI=1S/C27H47NO5S/c1-17(5-10-25(30)28-16-18(2)34(31,32)33)22-8-9-23-21-7-6-19-15-20(29)11-13-26(19,3)24(21)12-14-27(22,23)4/h17-24,29H,5-16H2,1-4H3,(H,28,30)(H,31,32,33)/t17-,18-,19-,20-,21+,22-,23+,24+,26+,27-/m1/s1. The summed E-state index contributed by atoms with van der Waals surface area (Å²) in [4.78, 5) is 12.3. The Kier molecular flexibility index (Phi) is 7.50. The van der Waals surface area contributed by atoms with Gasteiger partial charge in [0.1, 0.15) is 5.25 Å². The molecule has 0 aromatic rings. The summed E-state index contributed by atoms with van der Waals surface area (Å²) in [5.74, 6) is 4.08. The molecule has 0 aliphatic heterocycles. The summed E-state index contributed by atoms with van der Waals surface area (Å²) in [6.45, 7) is 8.74. The van der Waals surface area contributed by atoms with Crippen LogP contribution in [0.2, 0.25) is 0 Å². The van der Waals surface area contributed by atoms with Crippen molar-refractivity contribution in [3.8, 4) is 0 Å². The molecule has 0 unspecified atom stereocenters. The number of hydrogen-bond donors (Lipinski definition) is 3. The van der Waals surface area contributed by atoms with E-state index in [-0.39, 0.29) is 18.6 Å². The van der Waals surface area contributed by atoms with Gasteiger partial charge in [0.05, 0.1) is 6.10 Å². The molecule has 0 saturated heterocycles. The van der Waals surface area contributed by atoms with Crippen molar-refractivity contribution >= 4 is 16.0 Å². The molecule has 4 rings (SSSR count). The first-order valence-corrected chi connectivity index (χ1v) is 15.3. The molecule has 4 saturated carbocycles. The van der Waals surface area contributed by atoms with Gasteiger partial charge in [0.25, 0.3) is 10.1 Å². The van der Waals surface area contributed by atoms with E-state index in [2.05, 4.69) is 26.1 Å². The molecule has 6 nitrogen and oxygen atoms in total. The normalized spacial score (nSPS) is 43.8. The number of hydrogen-bond acceptors (Lipinski definition) is 4. The van der Waals surface area contributed by atoms with E-state index in [0.717, 1.165) is 37.0 Å². The van der Waals surface area contributed by atoms with E-state index in [9.17, 15) is 18.3 Å². The van der Waals surface area contributed by atoms with Gasteiger partial charge in [-0.2, -0.15) is 8.42 Å². The fourth-order valence-corrected chi connectivity index (χ4v) is 9.52. The first-order valence-electron chi connectivity index (χ1n) is 13.8. The maximum absolute atomic E-state index is 12.3. The number of fused-ring (bicyclic) bond motifs is 5. The third kappa shape index (κ3) is 4.82. The Labute approximate surface area is 206 Å². The Morgan fingerprint density at radius 2 is 1.68 bits per heavy atom. The molecule has 0 aromatic carbocycles. The Hall–Kier alpha value is -0.660. The van der Waals surface area contributed by atoms with Crippen molar-refractivity contribution in [2.24, 2.45) is 46.3 Å². The van der Waals surface area contributed by atoms with Crippen molar-refractivity contribution in [3.05, 3.63) is 0 Å². The number of carbonyl (C=O) groups excluding carboxylic acids is 1. The van der Waals surface area contributed by atoms with E-state index in [1.807, 2.05) is 0 Å². The lowest BCUT2D eigenvalue weighted by Gasteiger charge is -2.61. The topological polar surface area (TPSA) is 104 Å². The first-order chi connectivity index (χ1) is 15.9. The lowest BCUT2D eigenvalue weighted by molar-refractivity contribution is -0.129. The zero-order chi connectivity index (χ0) is 24.9. The van der Waals surface area contributed by atoms with Gasteiger partial charge in [-0.1, -0.05) is 20.8 Å². The van der Waals surface area contributed by atoms with Crippen molar-refractivity contribution in [1.82, 2.24) is 5.32 Å². The molecule has 10 atom stereocenters. The van der Waals surface area contributed by atoms with E-state index >= 15 is 0 Å². The zero-order valence-corrected chi connectivity index (χ0v) is 22.4. The molecular formula is C27H47NO5S. The molecule has 7 heteroatoms. The van der Waals surface area contributed by atoms with Crippen LogP contribution in [0.3, 0.4) is 0 Å².